The molecule has 0 spiro atoms. The Morgan fingerprint density at radius 2 is 1.93 bits per heavy atom. The van der Waals surface area contributed by atoms with Crippen molar-refractivity contribution < 1.29 is 0 Å². The van der Waals surface area contributed by atoms with Gasteiger partial charge in [0.15, 0.2) is 0 Å². The highest BCUT2D eigenvalue weighted by atomic mass is 35.5. The van der Waals surface area contributed by atoms with Gasteiger partial charge in [0.2, 0.25) is 0 Å². The molecule has 0 amide bonds. The van der Waals surface area contributed by atoms with Crippen LogP contribution in [0.3, 0.4) is 0 Å². The van der Waals surface area contributed by atoms with Crippen molar-refractivity contribution in [2.24, 2.45) is 12.8 Å². The molecule has 2 rings (SSSR count). The van der Waals surface area contributed by atoms with Gasteiger partial charge in [-0.1, -0.05) is 12.1 Å². The summed E-state index contributed by atoms with van der Waals surface area (Å²) in [5.74, 6) is 0.927. The van der Waals surface area contributed by atoms with Crippen LogP contribution in [0.15, 0.2) is 24.3 Å². The van der Waals surface area contributed by atoms with Gasteiger partial charge in [0, 0.05) is 7.05 Å². The quantitative estimate of drug-likeness (QED) is 0.818. The van der Waals surface area contributed by atoms with Gasteiger partial charge < -0.3 is 10.3 Å². The Morgan fingerprint density at radius 3 is 2.50 bits per heavy atom. The molecule has 0 unspecified atom stereocenters. The molecule has 1 aromatic carbocycles. The highest BCUT2D eigenvalue weighted by molar-refractivity contribution is 5.85. The largest absolute Gasteiger partial charge is 0.330 e. The van der Waals surface area contributed by atoms with Crippen LogP contribution in [0.25, 0.3) is 11.0 Å². The van der Waals surface area contributed by atoms with E-state index in [1.807, 2.05) is 35.9 Å². The summed E-state index contributed by atoms with van der Waals surface area (Å²) in [4.78, 5) is 4.37. The number of hydrogen-bond donors (Lipinski definition) is 1. The number of benzene rings is 1. The number of aryl methyl sites for hydroxylation is 1. The molecule has 0 aliphatic carbocycles. The summed E-state index contributed by atoms with van der Waals surface area (Å²) in [5.41, 5.74) is 7.68. The molecule has 0 aliphatic rings. The molecule has 5 heteroatoms. The fraction of sp³-hybridized carbons (Fsp3) is 0.222. The van der Waals surface area contributed by atoms with Crippen LogP contribution in [0.4, 0.5) is 0 Å². The number of nitrogens with two attached hydrogens (primary N) is 1. The lowest BCUT2D eigenvalue weighted by Crippen LogP contribution is -2.04. The number of hydrogen-bond acceptors (Lipinski definition) is 2. The molecule has 0 saturated heterocycles. The lowest BCUT2D eigenvalue weighted by Gasteiger charge is -1.96. The molecule has 2 N–H and O–H groups in total. The van der Waals surface area contributed by atoms with Crippen LogP contribution in [0.1, 0.15) is 5.82 Å². The lowest BCUT2D eigenvalue weighted by molar-refractivity contribution is 0.813. The molecule has 3 nitrogen and oxygen atoms in total. The second-order valence-electron chi connectivity index (χ2n) is 2.78. The van der Waals surface area contributed by atoms with Crippen LogP contribution >= 0.6 is 24.8 Å². The Kier molecular flexibility index (Phi) is 4.91. The van der Waals surface area contributed by atoms with Crippen molar-refractivity contribution >= 4 is 35.8 Å². The van der Waals surface area contributed by atoms with Crippen molar-refractivity contribution in [1.29, 1.82) is 0 Å². The smallest absolute Gasteiger partial charge is 0.123 e. The van der Waals surface area contributed by atoms with Gasteiger partial charge in [0.1, 0.15) is 5.82 Å². The van der Waals surface area contributed by atoms with E-state index in [4.69, 9.17) is 5.73 Å². The van der Waals surface area contributed by atoms with Gasteiger partial charge in [-0.05, 0) is 12.1 Å². The van der Waals surface area contributed by atoms with Gasteiger partial charge in [-0.2, -0.15) is 0 Å². The van der Waals surface area contributed by atoms with Crippen LogP contribution in [-0.4, -0.2) is 9.55 Å². The standard InChI is InChI=1S/C9H11N3.2ClH/c1-12-8-5-3-2-4-7(8)11-9(12)6-10;;/h2-5H,6,10H2,1H3;2*1H. The number of fused-ring (bicyclic) bond motifs is 1. The summed E-state index contributed by atoms with van der Waals surface area (Å²) in [7, 11) is 1.98. The molecule has 0 atom stereocenters. The van der Waals surface area contributed by atoms with E-state index in [9.17, 15) is 0 Å². The topological polar surface area (TPSA) is 43.8 Å². The normalized spacial score (nSPS) is 9.29. The fourth-order valence-corrected chi connectivity index (χ4v) is 1.38. The zero-order valence-electron chi connectivity index (χ0n) is 7.80. The van der Waals surface area contributed by atoms with Crippen molar-refractivity contribution in [2.75, 3.05) is 0 Å². The Labute approximate surface area is 95.1 Å². The zero-order valence-corrected chi connectivity index (χ0v) is 9.44. The summed E-state index contributed by atoms with van der Waals surface area (Å²) in [5, 5.41) is 0. The van der Waals surface area contributed by atoms with E-state index in [1.54, 1.807) is 0 Å². The first-order chi connectivity index (χ1) is 5.83. The molecule has 0 bridgehead atoms. The van der Waals surface area contributed by atoms with Crippen molar-refractivity contribution in [3.05, 3.63) is 30.1 Å². The molecule has 0 saturated carbocycles. The molecule has 0 fully saturated rings. The lowest BCUT2D eigenvalue weighted by atomic mass is 10.3. The van der Waals surface area contributed by atoms with E-state index in [-0.39, 0.29) is 24.8 Å². The minimum absolute atomic E-state index is 0. The number of nitrogens with zero attached hydrogens (tertiary/aromatic N) is 2. The average Bonchev–Trinajstić information content (AvgIpc) is 2.44. The van der Waals surface area contributed by atoms with E-state index < -0.39 is 0 Å². The van der Waals surface area contributed by atoms with E-state index in [0.29, 0.717) is 6.54 Å². The first-order valence-corrected chi connectivity index (χ1v) is 3.93. The first kappa shape index (κ1) is 13.2. The van der Waals surface area contributed by atoms with Crippen LogP contribution < -0.4 is 5.73 Å². The van der Waals surface area contributed by atoms with Gasteiger partial charge in [0.05, 0.1) is 17.6 Å². The highest BCUT2D eigenvalue weighted by Gasteiger charge is 2.03. The molecular formula is C9H13Cl2N3. The van der Waals surface area contributed by atoms with Crippen molar-refractivity contribution in [1.82, 2.24) is 9.55 Å². The third kappa shape index (κ3) is 2.00. The van der Waals surface area contributed by atoms with Crippen LogP contribution in [0, 0.1) is 0 Å². The maximum Gasteiger partial charge on any atom is 0.123 e. The van der Waals surface area contributed by atoms with E-state index in [0.717, 1.165) is 16.9 Å². The Morgan fingerprint density at radius 1 is 1.29 bits per heavy atom. The van der Waals surface area contributed by atoms with Gasteiger partial charge >= 0.3 is 0 Å². The van der Waals surface area contributed by atoms with Gasteiger partial charge in [-0.25, -0.2) is 4.98 Å². The second kappa shape index (κ2) is 5.20. The van der Waals surface area contributed by atoms with E-state index in [1.165, 1.54) is 0 Å². The fourth-order valence-electron chi connectivity index (χ4n) is 1.38. The van der Waals surface area contributed by atoms with Crippen LogP contribution in [-0.2, 0) is 13.6 Å². The average molecular weight is 234 g/mol. The predicted molar refractivity (Wildman–Crippen MR) is 63.1 cm³/mol. The number of aromatic nitrogens is 2. The molecule has 78 valence electrons. The maximum atomic E-state index is 5.53. The van der Waals surface area contributed by atoms with E-state index in [2.05, 4.69) is 4.98 Å². The SMILES string of the molecule is Cl.Cl.Cn1c(CN)nc2ccccc21. The third-order valence-electron chi connectivity index (χ3n) is 2.06. The van der Waals surface area contributed by atoms with Gasteiger partial charge in [-0.15, -0.1) is 24.8 Å². The summed E-state index contributed by atoms with van der Waals surface area (Å²) < 4.78 is 2.02. The Hall–Kier alpha value is -0.770. The number of para-hydroxylation sites is 2. The van der Waals surface area contributed by atoms with Gasteiger partial charge in [0.25, 0.3) is 0 Å². The van der Waals surface area contributed by atoms with Crippen LogP contribution in [0.5, 0.6) is 0 Å². The molecule has 14 heavy (non-hydrogen) atoms. The molecule has 2 aromatic rings. The Bertz CT molecular complexity index is 411. The third-order valence-corrected chi connectivity index (χ3v) is 2.06. The summed E-state index contributed by atoms with van der Waals surface area (Å²) in [6.45, 7) is 0.491. The predicted octanol–water partition coefficient (Wildman–Crippen LogP) is 1.88. The zero-order chi connectivity index (χ0) is 8.55. The highest BCUT2D eigenvalue weighted by Crippen LogP contribution is 2.13. The number of imidazole rings is 1. The summed E-state index contributed by atoms with van der Waals surface area (Å²) >= 11 is 0. The molecule has 0 aliphatic heterocycles. The monoisotopic (exact) mass is 233 g/mol. The first-order valence-electron chi connectivity index (χ1n) is 3.93. The number of rotatable bonds is 1. The molecule has 1 aromatic heterocycles. The van der Waals surface area contributed by atoms with E-state index >= 15 is 0 Å². The van der Waals surface area contributed by atoms with Crippen LogP contribution in [0.2, 0.25) is 0 Å². The summed E-state index contributed by atoms with van der Waals surface area (Å²) in [6.07, 6.45) is 0. The second-order valence-corrected chi connectivity index (χ2v) is 2.78. The molecule has 1 heterocycles. The van der Waals surface area contributed by atoms with Crippen molar-refractivity contribution in [2.45, 2.75) is 6.54 Å². The Balaban J connectivity index is 0.000000845. The minimum atomic E-state index is 0. The molecule has 0 radical (unpaired) electrons. The van der Waals surface area contributed by atoms with Crippen molar-refractivity contribution in [3.8, 4) is 0 Å². The maximum absolute atomic E-state index is 5.53. The summed E-state index contributed by atoms with van der Waals surface area (Å²) in [6, 6.07) is 8.02. The minimum Gasteiger partial charge on any atom is -0.330 e. The van der Waals surface area contributed by atoms with Gasteiger partial charge in [-0.3, -0.25) is 0 Å². The van der Waals surface area contributed by atoms with Crippen molar-refractivity contribution in [3.63, 3.8) is 0 Å². The number of halogens is 2. The molecular weight excluding hydrogens is 221 g/mol.